The second-order valence-electron chi connectivity index (χ2n) is 8.83. The number of ether oxygens (including phenoxy) is 2. The van der Waals surface area contributed by atoms with Crippen LogP contribution in [0.1, 0.15) is 41.8 Å². The van der Waals surface area contributed by atoms with Gasteiger partial charge in [0.05, 0.1) is 16.3 Å². The lowest BCUT2D eigenvalue weighted by atomic mass is 9.89. The number of benzene rings is 3. The lowest BCUT2D eigenvalue weighted by Gasteiger charge is -2.29. The maximum Gasteiger partial charge on any atom is 0.282 e. The first-order valence-electron chi connectivity index (χ1n) is 12.0. The third-order valence-electron chi connectivity index (χ3n) is 6.10. The number of hydrogen-bond acceptors (Lipinski definition) is 8. The molecule has 1 aliphatic carbocycles. The Balaban J connectivity index is 0.000000826. The van der Waals surface area contributed by atoms with Gasteiger partial charge < -0.3 is 20.5 Å². The fourth-order valence-corrected chi connectivity index (χ4v) is 4.38. The minimum absolute atomic E-state index is 0.00286. The van der Waals surface area contributed by atoms with E-state index in [0.29, 0.717) is 17.2 Å². The van der Waals surface area contributed by atoms with E-state index in [9.17, 15) is 19.7 Å². The van der Waals surface area contributed by atoms with Gasteiger partial charge in [-0.3, -0.25) is 19.7 Å². The number of nitro benzene ring substituents is 1. The summed E-state index contributed by atoms with van der Waals surface area (Å²) in [5.74, 6) is 0.424. The van der Waals surface area contributed by atoms with Gasteiger partial charge >= 0.3 is 0 Å². The molecule has 0 fully saturated rings. The number of nitro groups is 1. The number of carbonyl (C=O) groups excluding carboxylic acids is 2. The molecule has 0 bridgehead atoms. The highest BCUT2D eigenvalue weighted by atomic mass is 16.7. The Morgan fingerprint density at radius 3 is 2.51 bits per heavy atom. The van der Waals surface area contributed by atoms with E-state index in [4.69, 9.17) is 9.47 Å². The number of anilines is 2. The zero-order chi connectivity index (χ0) is 28.1. The van der Waals surface area contributed by atoms with Crippen molar-refractivity contribution < 1.29 is 24.0 Å². The summed E-state index contributed by atoms with van der Waals surface area (Å²) in [7, 11) is 0. The fourth-order valence-electron chi connectivity index (χ4n) is 4.38. The second-order valence-corrected chi connectivity index (χ2v) is 8.83. The SMILES string of the molecule is C=NN(C1=C(C)CCc2ccc(NC(=O)c3ccccc3[N+](=O)[O-])cc21)c1ccc2c(c1)OCO2.CC(N)=O. The molecule has 2 amide bonds. The molecule has 5 rings (SSSR count). The number of primary amides is 1. The number of nitrogens with two attached hydrogens (primary N) is 1. The first-order valence-corrected chi connectivity index (χ1v) is 12.0. The van der Waals surface area contributed by atoms with Crippen molar-refractivity contribution >= 4 is 41.3 Å². The zero-order valence-electron chi connectivity index (χ0n) is 21.5. The summed E-state index contributed by atoms with van der Waals surface area (Å²) in [6.07, 6.45) is 1.69. The molecule has 200 valence electrons. The number of allylic oxidation sites excluding steroid dienone is 1. The molecule has 0 saturated carbocycles. The van der Waals surface area contributed by atoms with Crippen molar-refractivity contribution in [3.05, 3.63) is 93.0 Å². The molecule has 3 N–H and O–H groups in total. The Labute approximate surface area is 224 Å². The number of rotatable bonds is 6. The predicted molar refractivity (Wildman–Crippen MR) is 148 cm³/mol. The van der Waals surface area contributed by atoms with E-state index in [2.05, 4.69) is 22.9 Å². The maximum absolute atomic E-state index is 12.9. The van der Waals surface area contributed by atoms with Gasteiger partial charge in [-0.2, -0.15) is 5.10 Å². The monoisotopic (exact) mass is 529 g/mol. The third-order valence-corrected chi connectivity index (χ3v) is 6.10. The van der Waals surface area contributed by atoms with E-state index >= 15 is 0 Å². The number of fused-ring (bicyclic) bond motifs is 2. The van der Waals surface area contributed by atoms with Gasteiger partial charge in [0.25, 0.3) is 11.6 Å². The van der Waals surface area contributed by atoms with Crippen molar-refractivity contribution in [1.29, 1.82) is 0 Å². The average Bonchev–Trinajstić information content (AvgIpc) is 3.38. The summed E-state index contributed by atoms with van der Waals surface area (Å²) in [6.45, 7) is 7.31. The van der Waals surface area contributed by atoms with Gasteiger partial charge in [-0.1, -0.05) is 18.2 Å². The minimum atomic E-state index is -0.565. The van der Waals surface area contributed by atoms with Crippen molar-refractivity contribution in [2.45, 2.75) is 26.7 Å². The Morgan fingerprint density at radius 1 is 1.08 bits per heavy atom. The van der Waals surface area contributed by atoms with Crippen LogP contribution in [0.4, 0.5) is 17.1 Å². The number of nitrogens with zero attached hydrogens (tertiary/aromatic N) is 3. The Hall–Kier alpha value is -5.19. The van der Waals surface area contributed by atoms with E-state index < -0.39 is 10.8 Å². The summed E-state index contributed by atoms with van der Waals surface area (Å²) >= 11 is 0. The minimum Gasteiger partial charge on any atom is -0.454 e. The summed E-state index contributed by atoms with van der Waals surface area (Å²) in [5.41, 5.74) is 9.49. The predicted octanol–water partition coefficient (Wildman–Crippen LogP) is 4.87. The first kappa shape index (κ1) is 26.9. The third kappa shape index (κ3) is 5.87. The standard InChI is InChI=1S/C26H22N4O5.C2H5NO/c1-16-7-8-17-9-10-18(28-26(31)20-5-3-4-6-22(20)30(32)33)13-21(17)25(16)29(27-2)19-11-12-23-24(14-19)35-15-34-23;1-2(3)4/h3-6,9-14H,2,7-8,15H2,1H3,(H,28,31);1H3,(H2,3,4). The quantitative estimate of drug-likeness (QED) is 0.263. The molecular weight excluding hydrogens is 502 g/mol. The number of hydrogen-bond donors (Lipinski definition) is 2. The normalized spacial score (nSPS) is 13.0. The highest BCUT2D eigenvalue weighted by Crippen LogP contribution is 2.41. The van der Waals surface area contributed by atoms with Crippen LogP contribution in [0.25, 0.3) is 5.70 Å². The van der Waals surface area contributed by atoms with E-state index in [-0.39, 0.29) is 24.0 Å². The Kier molecular flexibility index (Phi) is 7.90. The summed E-state index contributed by atoms with van der Waals surface area (Å²) < 4.78 is 10.9. The molecule has 3 aromatic rings. The lowest BCUT2D eigenvalue weighted by Crippen LogP contribution is -2.20. The lowest BCUT2D eigenvalue weighted by molar-refractivity contribution is -0.385. The first-order chi connectivity index (χ1) is 18.7. The zero-order valence-corrected chi connectivity index (χ0v) is 21.5. The van der Waals surface area contributed by atoms with Crippen LogP contribution in [0.2, 0.25) is 0 Å². The molecule has 0 saturated heterocycles. The molecule has 0 atom stereocenters. The van der Waals surface area contributed by atoms with E-state index in [0.717, 1.165) is 40.9 Å². The molecule has 0 radical (unpaired) electrons. The molecule has 3 aromatic carbocycles. The summed E-state index contributed by atoms with van der Waals surface area (Å²) in [4.78, 5) is 32.9. The van der Waals surface area contributed by atoms with Crippen LogP contribution in [0.3, 0.4) is 0 Å². The second kappa shape index (κ2) is 11.5. The number of nitrogens with one attached hydrogen (secondary N) is 1. The highest BCUT2D eigenvalue weighted by molar-refractivity contribution is 6.07. The van der Waals surface area contributed by atoms with Crippen molar-refractivity contribution in [3.8, 4) is 11.5 Å². The van der Waals surface area contributed by atoms with Crippen LogP contribution >= 0.6 is 0 Å². The van der Waals surface area contributed by atoms with Crippen LogP contribution < -0.4 is 25.5 Å². The maximum atomic E-state index is 12.9. The number of carbonyl (C=O) groups is 2. The van der Waals surface area contributed by atoms with Crippen molar-refractivity contribution in [3.63, 3.8) is 0 Å². The molecule has 2 aliphatic rings. The molecule has 0 spiro atoms. The molecule has 11 heteroatoms. The molecule has 0 unspecified atom stereocenters. The largest absolute Gasteiger partial charge is 0.454 e. The van der Waals surface area contributed by atoms with E-state index in [1.54, 1.807) is 17.1 Å². The van der Waals surface area contributed by atoms with Gasteiger partial charge in [-0.15, -0.1) is 0 Å². The van der Waals surface area contributed by atoms with Crippen molar-refractivity contribution in [2.24, 2.45) is 10.8 Å². The highest BCUT2D eigenvalue weighted by Gasteiger charge is 2.26. The van der Waals surface area contributed by atoms with Crippen molar-refractivity contribution in [2.75, 3.05) is 17.1 Å². The number of para-hydroxylation sites is 1. The topological polar surface area (TPSA) is 149 Å². The van der Waals surface area contributed by atoms with E-state index in [1.807, 2.05) is 37.3 Å². The van der Waals surface area contributed by atoms with Gasteiger partial charge in [-0.25, -0.2) is 5.01 Å². The molecule has 39 heavy (non-hydrogen) atoms. The van der Waals surface area contributed by atoms with Crippen LogP contribution in [0.5, 0.6) is 11.5 Å². The molecular formula is C28H27N5O6. The number of amides is 2. The number of hydrazone groups is 1. The smallest absolute Gasteiger partial charge is 0.282 e. The van der Waals surface area contributed by atoms with Gasteiger partial charge in [0.15, 0.2) is 11.5 Å². The van der Waals surface area contributed by atoms with Gasteiger partial charge in [0.2, 0.25) is 12.7 Å². The molecule has 11 nitrogen and oxygen atoms in total. The van der Waals surface area contributed by atoms with Crippen LogP contribution in [-0.2, 0) is 11.2 Å². The van der Waals surface area contributed by atoms with Crippen LogP contribution in [0, 0.1) is 10.1 Å². The Morgan fingerprint density at radius 2 is 1.79 bits per heavy atom. The van der Waals surface area contributed by atoms with Gasteiger partial charge in [0, 0.05) is 37.0 Å². The van der Waals surface area contributed by atoms with E-state index in [1.165, 1.54) is 25.1 Å². The molecule has 0 aromatic heterocycles. The molecule has 1 heterocycles. The van der Waals surface area contributed by atoms with Crippen molar-refractivity contribution in [1.82, 2.24) is 0 Å². The summed E-state index contributed by atoms with van der Waals surface area (Å²) in [5, 5.41) is 20.2. The summed E-state index contributed by atoms with van der Waals surface area (Å²) in [6, 6.07) is 17.1. The van der Waals surface area contributed by atoms with Gasteiger partial charge in [0.1, 0.15) is 5.56 Å². The Bertz CT molecular complexity index is 1500. The molecule has 1 aliphatic heterocycles. The van der Waals surface area contributed by atoms with Crippen LogP contribution in [0.15, 0.2) is 71.3 Å². The van der Waals surface area contributed by atoms with Crippen LogP contribution in [-0.4, -0.2) is 30.2 Å². The number of aryl methyl sites for hydroxylation is 1. The average molecular weight is 530 g/mol. The fraction of sp³-hybridized carbons (Fsp3) is 0.179. The van der Waals surface area contributed by atoms with Gasteiger partial charge in [-0.05, 0) is 61.2 Å².